The standard InChI is InChI=1S/C14H20N2/c1-2-10-16(9-1)11-7-13-5-3-4-12-6-8-15-14(12)13/h3-5,15H,1-2,6-11H2. The predicted octanol–water partition coefficient (Wildman–Crippen LogP) is 2.29. The van der Waals surface area contributed by atoms with Gasteiger partial charge in [-0.15, -0.1) is 0 Å². The fraction of sp³-hybridized carbons (Fsp3) is 0.571. The molecule has 0 aromatic heterocycles. The third kappa shape index (κ3) is 1.94. The van der Waals surface area contributed by atoms with Gasteiger partial charge >= 0.3 is 0 Å². The molecule has 0 saturated carbocycles. The van der Waals surface area contributed by atoms with E-state index in [1.807, 2.05) is 0 Å². The molecule has 86 valence electrons. The van der Waals surface area contributed by atoms with Crippen molar-refractivity contribution in [1.82, 2.24) is 4.90 Å². The molecule has 1 aromatic rings. The Bertz CT molecular complexity index is 367. The smallest absolute Gasteiger partial charge is 0.0406 e. The van der Waals surface area contributed by atoms with Crippen molar-refractivity contribution in [2.75, 3.05) is 31.5 Å². The van der Waals surface area contributed by atoms with Crippen molar-refractivity contribution >= 4 is 5.69 Å². The van der Waals surface area contributed by atoms with E-state index < -0.39 is 0 Å². The normalized spacial score (nSPS) is 19.8. The van der Waals surface area contributed by atoms with Crippen LogP contribution in [0.15, 0.2) is 18.2 Å². The first kappa shape index (κ1) is 10.2. The van der Waals surface area contributed by atoms with Crippen molar-refractivity contribution in [3.63, 3.8) is 0 Å². The summed E-state index contributed by atoms with van der Waals surface area (Å²) < 4.78 is 0. The molecule has 2 aliphatic rings. The van der Waals surface area contributed by atoms with E-state index in [-0.39, 0.29) is 0 Å². The van der Waals surface area contributed by atoms with E-state index in [0.717, 1.165) is 6.54 Å². The van der Waals surface area contributed by atoms with Crippen LogP contribution >= 0.6 is 0 Å². The van der Waals surface area contributed by atoms with Gasteiger partial charge in [-0.25, -0.2) is 0 Å². The van der Waals surface area contributed by atoms with Gasteiger partial charge in [0.2, 0.25) is 0 Å². The van der Waals surface area contributed by atoms with Crippen molar-refractivity contribution in [3.05, 3.63) is 29.3 Å². The highest BCUT2D eigenvalue weighted by Gasteiger charge is 2.15. The summed E-state index contributed by atoms with van der Waals surface area (Å²) in [5.74, 6) is 0. The van der Waals surface area contributed by atoms with Crippen molar-refractivity contribution in [1.29, 1.82) is 0 Å². The minimum atomic E-state index is 1.12. The highest BCUT2D eigenvalue weighted by Crippen LogP contribution is 2.26. The summed E-state index contributed by atoms with van der Waals surface area (Å²) in [6, 6.07) is 6.76. The largest absolute Gasteiger partial charge is 0.384 e. The number of nitrogens with one attached hydrogen (secondary N) is 1. The lowest BCUT2D eigenvalue weighted by molar-refractivity contribution is 0.343. The summed E-state index contributed by atoms with van der Waals surface area (Å²) in [7, 11) is 0. The number of hydrogen-bond donors (Lipinski definition) is 1. The van der Waals surface area contributed by atoms with E-state index in [1.165, 1.54) is 62.1 Å². The first-order valence-corrected chi connectivity index (χ1v) is 6.50. The van der Waals surface area contributed by atoms with Crippen LogP contribution in [0.3, 0.4) is 0 Å². The number of likely N-dealkylation sites (tertiary alicyclic amines) is 1. The van der Waals surface area contributed by atoms with Crippen molar-refractivity contribution < 1.29 is 0 Å². The average Bonchev–Trinajstić information content (AvgIpc) is 2.97. The van der Waals surface area contributed by atoms with E-state index in [1.54, 1.807) is 0 Å². The van der Waals surface area contributed by atoms with Crippen LogP contribution < -0.4 is 5.32 Å². The minimum Gasteiger partial charge on any atom is -0.384 e. The molecule has 1 N–H and O–H groups in total. The Balaban J connectivity index is 1.67. The highest BCUT2D eigenvalue weighted by atomic mass is 15.1. The molecule has 1 aromatic carbocycles. The van der Waals surface area contributed by atoms with Crippen molar-refractivity contribution in [3.8, 4) is 0 Å². The second kappa shape index (κ2) is 4.46. The SMILES string of the molecule is c1cc2c(c(CCN3CCCC3)c1)NCC2. The zero-order chi connectivity index (χ0) is 10.8. The molecule has 2 heterocycles. The minimum absolute atomic E-state index is 1.12. The number of para-hydroxylation sites is 1. The number of rotatable bonds is 3. The lowest BCUT2D eigenvalue weighted by Crippen LogP contribution is -2.22. The summed E-state index contributed by atoms with van der Waals surface area (Å²) in [5, 5.41) is 3.53. The molecule has 3 rings (SSSR count). The van der Waals surface area contributed by atoms with E-state index in [9.17, 15) is 0 Å². The van der Waals surface area contributed by atoms with Gasteiger partial charge in [-0.1, -0.05) is 18.2 Å². The van der Waals surface area contributed by atoms with Gasteiger partial charge in [0.05, 0.1) is 0 Å². The van der Waals surface area contributed by atoms with Crippen LogP contribution in [0.4, 0.5) is 5.69 Å². The van der Waals surface area contributed by atoms with Gasteiger partial charge in [0, 0.05) is 18.8 Å². The molecule has 1 fully saturated rings. The van der Waals surface area contributed by atoms with E-state index in [4.69, 9.17) is 0 Å². The van der Waals surface area contributed by atoms with Gasteiger partial charge in [-0.3, -0.25) is 0 Å². The lowest BCUT2D eigenvalue weighted by atomic mass is 10.0. The molecule has 0 spiro atoms. The quantitative estimate of drug-likeness (QED) is 0.834. The number of anilines is 1. The predicted molar refractivity (Wildman–Crippen MR) is 68.0 cm³/mol. The second-order valence-electron chi connectivity index (χ2n) is 4.93. The second-order valence-corrected chi connectivity index (χ2v) is 4.93. The Labute approximate surface area is 97.6 Å². The van der Waals surface area contributed by atoms with E-state index >= 15 is 0 Å². The number of benzene rings is 1. The van der Waals surface area contributed by atoms with Crippen molar-refractivity contribution in [2.45, 2.75) is 25.7 Å². The number of nitrogens with zero attached hydrogens (tertiary/aromatic N) is 1. The van der Waals surface area contributed by atoms with Crippen molar-refractivity contribution in [2.24, 2.45) is 0 Å². The molecule has 2 nitrogen and oxygen atoms in total. The van der Waals surface area contributed by atoms with E-state index in [0.29, 0.717) is 0 Å². The maximum atomic E-state index is 3.53. The summed E-state index contributed by atoms with van der Waals surface area (Å²) >= 11 is 0. The fourth-order valence-corrected chi connectivity index (χ4v) is 2.90. The van der Waals surface area contributed by atoms with Crippen LogP contribution in [-0.4, -0.2) is 31.1 Å². The van der Waals surface area contributed by atoms with Gasteiger partial charge in [0.15, 0.2) is 0 Å². The average molecular weight is 216 g/mol. The Morgan fingerprint density at radius 3 is 2.94 bits per heavy atom. The summed E-state index contributed by atoms with van der Waals surface area (Å²) in [4.78, 5) is 2.59. The lowest BCUT2D eigenvalue weighted by Gasteiger charge is -2.15. The van der Waals surface area contributed by atoms with Crippen LogP contribution in [0.2, 0.25) is 0 Å². The molecule has 0 unspecified atom stereocenters. The number of fused-ring (bicyclic) bond motifs is 1. The Kier molecular flexibility index (Phi) is 2.83. The summed E-state index contributed by atoms with van der Waals surface area (Å²) in [6.07, 6.45) is 5.19. The molecule has 0 radical (unpaired) electrons. The molecule has 1 saturated heterocycles. The molecule has 0 bridgehead atoms. The molecule has 16 heavy (non-hydrogen) atoms. The molecular formula is C14H20N2. The summed E-state index contributed by atoms with van der Waals surface area (Å²) in [6.45, 7) is 4.97. The molecule has 0 atom stereocenters. The Morgan fingerprint density at radius 2 is 2.06 bits per heavy atom. The molecule has 2 heteroatoms. The third-order valence-corrected chi connectivity index (χ3v) is 3.83. The van der Waals surface area contributed by atoms with Gasteiger partial charge in [0.25, 0.3) is 0 Å². The maximum absolute atomic E-state index is 3.53. The maximum Gasteiger partial charge on any atom is 0.0406 e. The molecule has 0 aliphatic carbocycles. The summed E-state index contributed by atoms with van der Waals surface area (Å²) in [5.41, 5.74) is 4.46. The van der Waals surface area contributed by atoms with Gasteiger partial charge < -0.3 is 10.2 Å². The van der Waals surface area contributed by atoms with Gasteiger partial charge in [-0.2, -0.15) is 0 Å². The first-order chi connectivity index (χ1) is 7.93. The third-order valence-electron chi connectivity index (χ3n) is 3.83. The van der Waals surface area contributed by atoms with Crippen LogP contribution in [0, 0.1) is 0 Å². The van der Waals surface area contributed by atoms with Gasteiger partial charge in [-0.05, 0) is 49.9 Å². The molecule has 2 aliphatic heterocycles. The van der Waals surface area contributed by atoms with E-state index in [2.05, 4.69) is 28.4 Å². The van der Waals surface area contributed by atoms with Crippen LogP contribution in [0.1, 0.15) is 24.0 Å². The zero-order valence-corrected chi connectivity index (χ0v) is 9.84. The topological polar surface area (TPSA) is 15.3 Å². The Hall–Kier alpha value is -1.02. The molecule has 0 amide bonds. The van der Waals surface area contributed by atoms with Crippen LogP contribution in [0.5, 0.6) is 0 Å². The fourth-order valence-electron chi connectivity index (χ4n) is 2.90. The zero-order valence-electron chi connectivity index (χ0n) is 9.84. The van der Waals surface area contributed by atoms with Crippen LogP contribution in [0.25, 0.3) is 0 Å². The highest BCUT2D eigenvalue weighted by molar-refractivity contribution is 5.61. The Morgan fingerprint density at radius 1 is 1.19 bits per heavy atom. The monoisotopic (exact) mass is 216 g/mol. The first-order valence-electron chi connectivity index (χ1n) is 6.50. The number of hydrogen-bond acceptors (Lipinski definition) is 2. The van der Waals surface area contributed by atoms with Crippen LogP contribution in [-0.2, 0) is 12.8 Å². The van der Waals surface area contributed by atoms with Gasteiger partial charge in [0.1, 0.15) is 0 Å². The molecular weight excluding hydrogens is 196 g/mol.